The summed E-state index contributed by atoms with van der Waals surface area (Å²) >= 11 is 16.9. The lowest BCUT2D eigenvalue weighted by Crippen LogP contribution is -2.28. The zero-order valence-corrected chi connectivity index (χ0v) is 25.5. The van der Waals surface area contributed by atoms with Crippen molar-refractivity contribution in [1.29, 1.82) is 0 Å². The number of amidine groups is 1. The molecule has 0 saturated carbocycles. The first-order valence-electron chi connectivity index (χ1n) is 12.2. The zero-order valence-electron chi connectivity index (χ0n) is 21.6. The number of thioether (sulfide) groups is 1. The van der Waals surface area contributed by atoms with Gasteiger partial charge in [-0.1, -0.05) is 57.3 Å². The second kappa shape index (κ2) is 13.4. The minimum absolute atomic E-state index is 0.174. The SMILES string of the molecule is COc1cc(/C=N\N=C2\S/C(=C\c3ccc(Br)cc3)C(=O)N2Cc2ccco2)ccc1OCc1ccc(Cl)cc1Cl. The van der Waals surface area contributed by atoms with Crippen LogP contribution in [0.1, 0.15) is 22.5 Å². The summed E-state index contributed by atoms with van der Waals surface area (Å²) in [5.41, 5.74) is 2.44. The lowest BCUT2D eigenvalue weighted by Gasteiger charge is -2.13. The van der Waals surface area contributed by atoms with Gasteiger partial charge in [0.1, 0.15) is 12.4 Å². The largest absolute Gasteiger partial charge is 0.493 e. The molecule has 1 aliphatic rings. The summed E-state index contributed by atoms with van der Waals surface area (Å²) in [5, 5.41) is 10.2. The molecule has 1 saturated heterocycles. The minimum atomic E-state index is -0.174. The van der Waals surface area contributed by atoms with Gasteiger partial charge in [-0.2, -0.15) is 5.10 Å². The van der Waals surface area contributed by atoms with Crippen molar-refractivity contribution < 1.29 is 18.7 Å². The molecule has 0 bridgehead atoms. The van der Waals surface area contributed by atoms with Gasteiger partial charge in [-0.25, -0.2) is 0 Å². The number of hydrogen-bond donors (Lipinski definition) is 0. The third kappa shape index (κ3) is 7.42. The van der Waals surface area contributed by atoms with Crippen molar-refractivity contribution in [3.05, 3.63) is 121 Å². The van der Waals surface area contributed by atoms with Crippen LogP contribution in [0.3, 0.4) is 0 Å². The Morgan fingerprint density at radius 2 is 1.83 bits per heavy atom. The van der Waals surface area contributed by atoms with Gasteiger partial charge in [0.25, 0.3) is 5.91 Å². The highest BCUT2D eigenvalue weighted by molar-refractivity contribution is 9.10. The average molecular weight is 671 g/mol. The highest BCUT2D eigenvalue weighted by atomic mass is 79.9. The highest BCUT2D eigenvalue weighted by Gasteiger charge is 2.34. The minimum Gasteiger partial charge on any atom is -0.493 e. The van der Waals surface area contributed by atoms with Crippen molar-refractivity contribution in [1.82, 2.24) is 4.90 Å². The predicted octanol–water partition coefficient (Wildman–Crippen LogP) is 8.44. The van der Waals surface area contributed by atoms with Crippen LogP contribution in [0.4, 0.5) is 0 Å². The van der Waals surface area contributed by atoms with Crippen LogP contribution in [0.5, 0.6) is 11.5 Å². The van der Waals surface area contributed by atoms with Gasteiger partial charge in [-0.05, 0) is 83.6 Å². The number of amides is 1. The molecule has 0 atom stereocenters. The Labute approximate surface area is 259 Å². The fraction of sp³-hybridized carbons (Fsp3) is 0.100. The van der Waals surface area contributed by atoms with Crippen LogP contribution in [-0.4, -0.2) is 29.3 Å². The Hall–Kier alpha value is -3.50. The molecule has 0 N–H and O–H groups in total. The van der Waals surface area contributed by atoms with Crippen molar-refractivity contribution in [2.45, 2.75) is 13.2 Å². The maximum atomic E-state index is 13.3. The van der Waals surface area contributed by atoms with E-state index < -0.39 is 0 Å². The van der Waals surface area contributed by atoms with Crippen LogP contribution >= 0.6 is 50.9 Å². The third-order valence-electron chi connectivity index (χ3n) is 5.89. The normalized spacial score (nSPS) is 15.4. The second-order valence-electron chi connectivity index (χ2n) is 8.69. The van der Waals surface area contributed by atoms with E-state index in [1.54, 1.807) is 54.8 Å². The van der Waals surface area contributed by atoms with Gasteiger partial charge in [-0.15, -0.1) is 5.10 Å². The number of rotatable bonds is 9. The number of carbonyl (C=O) groups is 1. The van der Waals surface area contributed by atoms with E-state index >= 15 is 0 Å². The van der Waals surface area contributed by atoms with Crippen LogP contribution in [-0.2, 0) is 17.9 Å². The van der Waals surface area contributed by atoms with E-state index in [9.17, 15) is 4.79 Å². The first-order chi connectivity index (χ1) is 19.9. The Bertz CT molecular complexity index is 1640. The topological polar surface area (TPSA) is 76.6 Å². The van der Waals surface area contributed by atoms with Crippen molar-refractivity contribution in [3.8, 4) is 11.5 Å². The summed E-state index contributed by atoms with van der Waals surface area (Å²) in [6.45, 7) is 0.489. The van der Waals surface area contributed by atoms with Crippen LogP contribution in [0, 0.1) is 0 Å². The molecule has 5 rings (SSSR count). The van der Waals surface area contributed by atoms with Crippen molar-refractivity contribution >= 4 is 74.3 Å². The van der Waals surface area contributed by atoms with E-state index in [1.807, 2.05) is 48.5 Å². The van der Waals surface area contributed by atoms with Gasteiger partial charge in [0, 0.05) is 20.1 Å². The fourth-order valence-corrected chi connectivity index (χ4v) is 5.48. The summed E-state index contributed by atoms with van der Waals surface area (Å²) < 4.78 is 17.9. The average Bonchev–Trinajstić information content (AvgIpc) is 3.58. The first-order valence-corrected chi connectivity index (χ1v) is 14.6. The molecule has 0 radical (unpaired) electrons. The van der Waals surface area contributed by atoms with Crippen LogP contribution in [0.25, 0.3) is 6.08 Å². The molecule has 208 valence electrons. The van der Waals surface area contributed by atoms with Crippen LogP contribution in [0.2, 0.25) is 10.0 Å². The molecule has 1 aromatic heterocycles. The molecule has 2 heterocycles. The number of ether oxygens (including phenoxy) is 2. The number of benzene rings is 3. The van der Waals surface area contributed by atoms with Crippen LogP contribution in [0.15, 0.2) is 103 Å². The third-order valence-corrected chi connectivity index (χ3v) is 8.00. The number of nitrogens with zero attached hydrogens (tertiary/aromatic N) is 3. The molecular weight excluding hydrogens is 649 g/mol. The first kappa shape index (κ1) is 29.0. The summed E-state index contributed by atoms with van der Waals surface area (Å²) in [5.74, 6) is 1.54. The van der Waals surface area contributed by atoms with Crippen molar-refractivity contribution in [3.63, 3.8) is 0 Å². The molecule has 1 aliphatic heterocycles. The van der Waals surface area contributed by atoms with E-state index in [-0.39, 0.29) is 19.1 Å². The number of carbonyl (C=O) groups excluding carboxylic acids is 1. The molecule has 0 unspecified atom stereocenters. The molecule has 7 nitrogen and oxygen atoms in total. The van der Waals surface area contributed by atoms with Gasteiger partial charge in [-0.3, -0.25) is 9.69 Å². The van der Waals surface area contributed by atoms with Crippen molar-refractivity contribution in [2.24, 2.45) is 10.2 Å². The fourth-order valence-electron chi connectivity index (χ4n) is 3.81. The van der Waals surface area contributed by atoms with Crippen molar-refractivity contribution in [2.75, 3.05) is 7.11 Å². The Balaban J connectivity index is 1.33. The maximum Gasteiger partial charge on any atom is 0.267 e. The molecule has 0 spiro atoms. The Morgan fingerprint density at radius 1 is 1.02 bits per heavy atom. The Morgan fingerprint density at radius 3 is 2.56 bits per heavy atom. The molecule has 1 amide bonds. The lowest BCUT2D eigenvalue weighted by molar-refractivity contribution is -0.122. The molecule has 4 aromatic rings. The molecular formula is C30H22BrCl2N3O4S. The standard InChI is InChI=1S/C30H22BrCl2N3O4S/c1-38-27-13-20(6-11-26(27)40-18-21-7-10-23(32)15-25(21)33)16-34-35-30-36(17-24-3-2-12-39-24)29(37)28(41-30)14-19-4-8-22(31)9-5-19/h2-16H,17-18H2,1H3/b28-14-,34-16-,35-30+. The summed E-state index contributed by atoms with van der Waals surface area (Å²) in [4.78, 5) is 15.4. The predicted molar refractivity (Wildman–Crippen MR) is 168 cm³/mol. The van der Waals surface area contributed by atoms with E-state index in [2.05, 4.69) is 26.1 Å². The van der Waals surface area contributed by atoms with E-state index in [4.69, 9.17) is 37.1 Å². The Kier molecular flexibility index (Phi) is 9.51. The van der Waals surface area contributed by atoms with E-state index in [0.717, 1.165) is 21.2 Å². The molecule has 3 aromatic carbocycles. The molecule has 41 heavy (non-hydrogen) atoms. The lowest BCUT2D eigenvalue weighted by atomic mass is 10.2. The van der Waals surface area contributed by atoms with Gasteiger partial charge < -0.3 is 13.9 Å². The van der Waals surface area contributed by atoms with Crippen LogP contribution < -0.4 is 9.47 Å². The number of methoxy groups -OCH3 is 1. The van der Waals surface area contributed by atoms with E-state index in [1.165, 1.54) is 11.8 Å². The number of halogens is 3. The quantitative estimate of drug-likeness (QED) is 0.101. The summed E-state index contributed by atoms with van der Waals surface area (Å²) in [7, 11) is 1.56. The van der Waals surface area contributed by atoms with Gasteiger partial charge in [0.15, 0.2) is 16.7 Å². The highest BCUT2D eigenvalue weighted by Crippen LogP contribution is 2.34. The molecule has 1 fully saturated rings. The van der Waals surface area contributed by atoms with Gasteiger partial charge >= 0.3 is 0 Å². The summed E-state index contributed by atoms with van der Waals surface area (Å²) in [6.07, 6.45) is 4.99. The summed E-state index contributed by atoms with van der Waals surface area (Å²) in [6, 6.07) is 22.0. The maximum absolute atomic E-state index is 13.3. The zero-order chi connectivity index (χ0) is 28.8. The van der Waals surface area contributed by atoms with Gasteiger partial charge in [0.05, 0.1) is 31.0 Å². The molecule has 11 heteroatoms. The number of furan rings is 1. The van der Waals surface area contributed by atoms with Gasteiger partial charge in [0.2, 0.25) is 0 Å². The second-order valence-corrected chi connectivity index (χ2v) is 11.5. The van der Waals surface area contributed by atoms with E-state index in [0.29, 0.717) is 37.4 Å². The monoisotopic (exact) mass is 669 g/mol. The molecule has 0 aliphatic carbocycles. The smallest absolute Gasteiger partial charge is 0.267 e. The number of hydrogen-bond acceptors (Lipinski definition) is 7.